The lowest BCUT2D eigenvalue weighted by Crippen LogP contribution is -2.37. The first-order valence-electron chi connectivity index (χ1n) is 11.0. The van der Waals surface area contributed by atoms with E-state index in [-0.39, 0.29) is 23.5 Å². The highest BCUT2D eigenvalue weighted by atomic mass is 16.5. The molecule has 1 aliphatic carbocycles. The number of ketones is 1. The second-order valence-corrected chi connectivity index (χ2v) is 8.70. The number of aryl methyl sites for hydroxylation is 1. The molecule has 2 aromatic carbocycles. The van der Waals surface area contributed by atoms with Gasteiger partial charge in [-0.15, -0.1) is 0 Å². The van der Waals surface area contributed by atoms with Gasteiger partial charge in [-0.25, -0.2) is 0 Å². The van der Waals surface area contributed by atoms with Crippen molar-refractivity contribution in [3.8, 4) is 5.75 Å². The monoisotopic (exact) mass is 419 g/mol. The number of hydrogen-bond acceptors (Lipinski definition) is 4. The van der Waals surface area contributed by atoms with Crippen LogP contribution in [0.3, 0.4) is 0 Å². The maximum atomic E-state index is 13.2. The Morgan fingerprint density at radius 2 is 1.77 bits per heavy atom. The molecule has 5 heteroatoms. The molecule has 0 aromatic heterocycles. The Bertz CT molecular complexity index is 1030. The summed E-state index contributed by atoms with van der Waals surface area (Å²) in [6.07, 6.45) is 3.84. The van der Waals surface area contributed by atoms with E-state index in [0.717, 1.165) is 36.8 Å². The molecule has 31 heavy (non-hydrogen) atoms. The van der Waals surface area contributed by atoms with Crippen molar-refractivity contribution < 1.29 is 19.4 Å². The number of rotatable bonds is 5. The average molecular weight is 420 g/mol. The van der Waals surface area contributed by atoms with Crippen LogP contribution in [-0.2, 0) is 9.59 Å². The van der Waals surface area contributed by atoms with Crippen molar-refractivity contribution in [1.82, 2.24) is 4.90 Å². The lowest BCUT2D eigenvalue weighted by atomic mass is 9.92. The number of carbonyl (C=O) groups is 2. The molecule has 1 saturated heterocycles. The Balaban J connectivity index is 1.87. The molecule has 1 aliphatic heterocycles. The summed E-state index contributed by atoms with van der Waals surface area (Å²) in [4.78, 5) is 28.1. The van der Waals surface area contributed by atoms with Gasteiger partial charge in [0.15, 0.2) is 0 Å². The van der Waals surface area contributed by atoms with Crippen molar-refractivity contribution in [1.29, 1.82) is 0 Å². The largest absolute Gasteiger partial charge is 0.507 e. The topological polar surface area (TPSA) is 66.8 Å². The quantitative estimate of drug-likeness (QED) is 0.414. The van der Waals surface area contributed by atoms with Crippen LogP contribution >= 0.6 is 0 Å². The van der Waals surface area contributed by atoms with Gasteiger partial charge in [0.2, 0.25) is 0 Å². The van der Waals surface area contributed by atoms with E-state index in [4.69, 9.17) is 4.74 Å². The number of nitrogens with zero attached hydrogens (tertiary/aromatic N) is 1. The molecule has 1 N–H and O–H groups in total. The standard InChI is InChI=1S/C26H29NO4/c1-16(2)31-20-13-8-10-18(15-20)24(28)22-23(21-14-7-4-9-17(21)3)27(26(30)25(22)29)19-11-5-6-12-19/h4,7-10,13-16,19,23,28H,5-6,11-12H2,1-3H3/b24-22+. The minimum absolute atomic E-state index is 0.0157. The Hall–Kier alpha value is -3.08. The van der Waals surface area contributed by atoms with Gasteiger partial charge in [0.1, 0.15) is 11.5 Å². The zero-order valence-corrected chi connectivity index (χ0v) is 18.3. The van der Waals surface area contributed by atoms with E-state index in [9.17, 15) is 14.7 Å². The molecule has 1 saturated carbocycles. The van der Waals surface area contributed by atoms with E-state index in [2.05, 4.69) is 0 Å². The number of Topliss-reactive ketones (excluding diaryl/α,β-unsaturated/α-hetero) is 1. The van der Waals surface area contributed by atoms with Crippen molar-refractivity contribution in [3.05, 3.63) is 70.8 Å². The fraction of sp³-hybridized carbons (Fsp3) is 0.385. The van der Waals surface area contributed by atoms with Crippen molar-refractivity contribution >= 4 is 17.4 Å². The predicted octanol–water partition coefficient (Wildman–Crippen LogP) is 5.15. The molecule has 0 bridgehead atoms. The second-order valence-electron chi connectivity index (χ2n) is 8.70. The molecule has 1 heterocycles. The first-order valence-corrected chi connectivity index (χ1v) is 11.0. The highest BCUT2D eigenvalue weighted by Crippen LogP contribution is 2.44. The molecule has 2 aliphatic rings. The summed E-state index contributed by atoms with van der Waals surface area (Å²) in [6, 6.07) is 14.2. The molecule has 0 spiro atoms. The van der Waals surface area contributed by atoms with Crippen LogP contribution in [0.15, 0.2) is 54.1 Å². The summed E-state index contributed by atoms with van der Waals surface area (Å²) in [7, 11) is 0. The molecule has 1 amide bonds. The van der Waals surface area contributed by atoms with Crippen LogP contribution < -0.4 is 4.74 Å². The Morgan fingerprint density at radius 3 is 2.45 bits per heavy atom. The summed E-state index contributed by atoms with van der Waals surface area (Å²) in [5.41, 5.74) is 2.50. The van der Waals surface area contributed by atoms with Crippen LogP contribution in [0, 0.1) is 6.92 Å². The molecule has 4 rings (SSSR count). The van der Waals surface area contributed by atoms with Gasteiger partial charge in [0, 0.05) is 11.6 Å². The van der Waals surface area contributed by atoms with Gasteiger partial charge < -0.3 is 14.7 Å². The first-order chi connectivity index (χ1) is 14.9. The number of ether oxygens (including phenoxy) is 1. The Kier molecular flexibility index (Phi) is 5.86. The predicted molar refractivity (Wildman–Crippen MR) is 120 cm³/mol. The third-order valence-corrected chi connectivity index (χ3v) is 6.16. The summed E-state index contributed by atoms with van der Waals surface area (Å²) in [6.45, 7) is 5.83. The normalized spacial score (nSPS) is 21.3. The third-order valence-electron chi connectivity index (χ3n) is 6.16. The molecule has 162 valence electrons. The molecular weight excluding hydrogens is 390 g/mol. The zero-order valence-electron chi connectivity index (χ0n) is 18.3. The van der Waals surface area contributed by atoms with Gasteiger partial charge in [-0.05, 0) is 56.9 Å². The maximum Gasteiger partial charge on any atom is 0.295 e. The first kappa shape index (κ1) is 21.2. The lowest BCUT2D eigenvalue weighted by Gasteiger charge is -2.31. The molecule has 5 nitrogen and oxygen atoms in total. The van der Waals surface area contributed by atoms with Gasteiger partial charge in [-0.3, -0.25) is 9.59 Å². The van der Waals surface area contributed by atoms with Gasteiger partial charge in [-0.1, -0.05) is 49.2 Å². The van der Waals surface area contributed by atoms with E-state index >= 15 is 0 Å². The van der Waals surface area contributed by atoms with E-state index in [1.807, 2.05) is 51.1 Å². The number of aliphatic hydroxyl groups excluding tert-OH is 1. The Labute approximate surface area is 183 Å². The minimum Gasteiger partial charge on any atom is -0.507 e. The number of aliphatic hydroxyl groups is 1. The molecule has 1 atom stereocenters. The summed E-state index contributed by atoms with van der Waals surface area (Å²) in [5, 5.41) is 11.3. The van der Waals surface area contributed by atoms with Crippen molar-refractivity contribution in [3.63, 3.8) is 0 Å². The molecule has 2 aromatic rings. The fourth-order valence-corrected chi connectivity index (χ4v) is 4.75. The summed E-state index contributed by atoms with van der Waals surface area (Å²) >= 11 is 0. The lowest BCUT2D eigenvalue weighted by molar-refractivity contribution is -0.141. The number of likely N-dealkylation sites (tertiary alicyclic amines) is 1. The van der Waals surface area contributed by atoms with Crippen LogP contribution in [0.1, 0.15) is 62.3 Å². The molecular formula is C26H29NO4. The number of hydrogen-bond donors (Lipinski definition) is 1. The highest BCUT2D eigenvalue weighted by Gasteiger charge is 2.49. The van der Waals surface area contributed by atoms with E-state index in [1.165, 1.54) is 0 Å². The van der Waals surface area contributed by atoms with Crippen LogP contribution in [0.4, 0.5) is 0 Å². The van der Waals surface area contributed by atoms with Crippen LogP contribution in [0.25, 0.3) is 5.76 Å². The molecule has 1 unspecified atom stereocenters. The van der Waals surface area contributed by atoms with Crippen molar-refractivity contribution in [2.45, 2.75) is 64.6 Å². The highest BCUT2D eigenvalue weighted by molar-refractivity contribution is 6.46. The van der Waals surface area contributed by atoms with Crippen molar-refractivity contribution in [2.75, 3.05) is 0 Å². The smallest absolute Gasteiger partial charge is 0.295 e. The van der Waals surface area contributed by atoms with Crippen LogP contribution in [0.5, 0.6) is 5.75 Å². The SMILES string of the molecule is Cc1ccccc1C1/C(=C(\O)c2cccc(OC(C)C)c2)C(=O)C(=O)N1C1CCCC1. The van der Waals surface area contributed by atoms with Crippen LogP contribution in [0.2, 0.25) is 0 Å². The second kappa shape index (κ2) is 8.58. The Morgan fingerprint density at radius 1 is 1.06 bits per heavy atom. The average Bonchev–Trinajstić information content (AvgIpc) is 3.35. The van der Waals surface area contributed by atoms with E-state index in [1.54, 1.807) is 23.1 Å². The van der Waals surface area contributed by atoms with E-state index < -0.39 is 17.7 Å². The van der Waals surface area contributed by atoms with Gasteiger partial charge in [0.25, 0.3) is 11.7 Å². The van der Waals surface area contributed by atoms with Gasteiger partial charge >= 0.3 is 0 Å². The van der Waals surface area contributed by atoms with Gasteiger partial charge in [0.05, 0.1) is 17.7 Å². The number of benzene rings is 2. The van der Waals surface area contributed by atoms with Crippen molar-refractivity contribution in [2.24, 2.45) is 0 Å². The summed E-state index contributed by atoms with van der Waals surface area (Å²) in [5.74, 6) is -0.679. The van der Waals surface area contributed by atoms with Crippen LogP contribution in [-0.4, -0.2) is 33.8 Å². The summed E-state index contributed by atoms with van der Waals surface area (Å²) < 4.78 is 5.75. The molecule has 2 fully saturated rings. The number of carbonyl (C=O) groups excluding carboxylic acids is 2. The van der Waals surface area contributed by atoms with E-state index in [0.29, 0.717) is 11.3 Å². The third kappa shape index (κ3) is 3.97. The molecule has 0 radical (unpaired) electrons. The number of amides is 1. The fourth-order valence-electron chi connectivity index (χ4n) is 4.75. The maximum absolute atomic E-state index is 13.2. The zero-order chi connectivity index (χ0) is 22.1. The van der Waals surface area contributed by atoms with Gasteiger partial charge in [-0.2, -0.15) is 0 Å². The minimum atomic E-state index is -0.618.